The molecule has 2 heterocycles. The standard InChI is InChI=1S/C14H20N4S/c1-10(15-3)12-5-6-16-14(7-12)18(4)8-13-11(2)17-9-19-13/h5-7,9-10,15H,8H2,1-4H3. The molecule has 0 aliphatic rings. The minimum absolute atomic E-state index is 0.334. The Bertz CT molecular complexity index is 538. The molecule has 2 aromatic heterocycles. The number of nitrogens with one attached hydrogen (secondary N) is 1. The van der Waals surface area contributed by atoms with E-state index in [1.807, 2.05) is 25.7 Å². The smallest absolute Gasteiger partial charge is 0.128 e. The van der Waals surface area contributed by atoms with Crippen molar-refractivity contribution in [3.8, 4) is 0 Å². The molecule has 102 valence electrons. The van der Waals surface area contributed by atoms with Gasteiger partial charge in [0.25, 0.3) is 0 Å². The van der Waals surface area contributed by atoms with Crippen molar-refractivity contribution < 1.29 is 0 Å². The average molecular weight is 276 g/mol. The van der Waals surface area contributed by atoms with E-state index in [2.05, 4.69) is 46.3 Å². The molecule has 0 saturated heterocycles. The summed E-state index contributed by atoms with van der Waals surface area (Å²) in [6.45, 7) is 5.04. The largest absolute Gasteiger partial charge is 0.354 e. The SMILES string of the molecule is CNC(C)c1ccnc(N(C)Cc2scnc2C)c1. The Morgan fingerprint density at radius 2 is 2.21 bits per heavy atom. The van der Waals surface area contributed by atoms with Gasteiger partial charge in [0.05, 0.1) is 17.7 Å². The Labute approximate surface area is 118 Å². The lowest BCUT2D eigenvalue weighted by molar-refractivity contribution is 0.651. The molecule has 0 amide bonds. The highest BCUT2D eigenvalue weighted by Crippen LogP contribution is 2.20. The number of hydrogen-bond acceptors (Lipinski definition) is 5. The van der Waals surface area contributed by atoms with Crippen LogP contribution in [0.15, 0.2) is 23.8 Å². The van der Waals surface area contributed by atoms with Crippen LogP contribution in [0.5, 0.6) is 0 Å². The van der Waals surface area contributed by atoms with E-state index in [1.165, 1.54) is 10.4 Å². The number of pyridine rings is 1. The fourth-order valence-corrected chi connectivity index (χ4v) is 2.68. The van der Waals surface area contributed by atoms with Crippen molar-refractivity contribution in [2.24, 2.45) is 0 Å². The fourth-order valence-electron chi connectivity index (χ4n) is 1.85. The molecule has 0 aromatic carbocycles. The molecule has 1 N–H and O–H groups in total. The Morgan fingerprint density at radius 1 is 1.42 bits per heavy atom. The fraction of sp³-hybridized carbons (Fsp3) is 0.429. The van der Waals surface area contributed by atoms with Crippen LogP contribution in [0.2, 0.25) is 0 Å². The summed E-state index contributed by atoms with van der Waals surface area (Å²) in [4.78, 5) is 12.2. The first kappa shape index (κ1) is 14.0. The van der Waals surface area contributed by atoms with Crippen LogP contribution < -0.4 is 10.2 Å². The molecule has 1 atom stereocenters. The molecule has 0 saturated carbocycles. The minimum atomic E-state index is 0.334. The second-order valence-electron chi connectivity index (χ2n) is 4.67. The van der Waals surface area contributed by atoms with Crippen LogP contribution >= 0.6 is 11.3 Å². The minimum Gasteiger partial charge on any atom is -0.354 e. The van der Waals surface area contributed by atoms with E-state index >= 15 is 0 Å². The third-order valence-corrected chi connectivity index (χ3v) is 4.24. The van der Waals surface area contributed by atoms with E-state index in [0.717, 1.165) is 18.1 Å². The summed E-state index contributed by atoms with van der Waals surface area (Å²) in [5.41, 5.74) is 4.25. The van der Waals surface area contributed by atoms with Gasteiger partial charge in [-0.3, -0.25) is 0 Å². The summed E-state index contributed by atoms with van der Waals surface area (Å²) < 4.78 is 0. The van der Waals surface area contributed by atoms with Gasteiger partial charge in [-0.05, 0) is 38.6 Å². The molecule has 0 bridgehead atoms. The van der Waals surface area contributed by atoms with Gasteiger partial charge in [0.1, 0.15) is 5.82 Å². The van der Waals surface area contributed by atoms with Crippen LogP contribution in [0.1, 0.15) is 29.1 Å². The first-order valence-corrected chi connectivity index (χ1v) is 7.23. The Hall–Kier alpha value is -1.46. The van der Waals surface area contributed by atoms with Crippen LogP contribution in [0.25, 0.3) is 0 Å². The second kappa shape index (κ2) is 6.12. The molecule has 0 fully saturated rings. The number of rotatable bonds is 5. The van der Waals surface area contributed by atoms with E-state index in [4.69, 9.17) is 0 Å². The maximum Gasteiger partial charge on any atom is 0.128 e. The molecule has 0 radical (unpaired) electrons. The van der Waals surface area contributed by atoms with E-state index < -0.39 is 0 Å². The van der Waals surface area contributed by atoms with Gasteiger partial charge in [-0.2, -0.15) is 0 Å². The van der Waals surface area contributed by atoms with Crippen LogP contribution in [0, 0.1) is 6.92 Å². The third kappa shape index (κ3) is 3.30. The maximum atomic E-state index is 4.45. The van der Waals surface area contributed by atoms with Gasteiger partial charge in [0.2, 0.25) is 0 Å². The molecule has 0 spiro atoms. The van der Waals surface area contributed by atoms with Gasteiger partial charge >= 0.3 is 0 Å². The van der Waals surface area contributed by atoms with Crippen molar-refractivity contribution in [1.29, 1.82) is 0 Å². The normalized spacial score (nSPS) is 12.4. The number of anilines is 1. The third-order valence-electron chi connectivity index (χ3n) is 3.32. The summed E-state index contributed by atoms with van der Waals surface area (Å²) in [5.74, 6) is 0.993. The summed E-state index contributed by atoms with van der Waals surface area (Å²) in [6, 6.07) is 4.52. The molecule has 2 aromatic rings. The Morgan fingerprint density at radius 3 is 2.84 bits per heavy atom. The van der Waals surface area contributed by atoms with Crippen molar-refractivity contribution in [3.63, 3.8) is 0 Å². The molecule has 1 unspecified atom stereocenters. The van der Waals surface area contributed by atoms with Gasteiger partial charge in [-0.25, -0.2) is 9.97 Å². The summed E-state index contributed by atoms with van der Waals surface area (Å²) in [7, 11) is 4.03. The zero-order chi connectivity index (χ0) is 13.8. The first-order valence-electron chi connectivity index (χ1n) is 6.35. The van der Waals surface area contributed by atoms with Gasteiger partial charge in [-0.15, -0.1) is 11.3 Å². The van der Waals surface area contributed by atoms with Gasteiger partial charge < -0.3 is 10.2 Å². The van der Waals surface area contributed by atoms with Gasteiger partial charge in [0.15, 0.2) is 0 Å². The highest BCUT2D eigenvalue weighted by Gasteiger charge is 2.10. The summed E-state index contributed by atoms with van der Waals surface area (Å²) >= 11 is 1.69. The average Bonchev–Trinajstić information content (AvgIpc) is 2.83. The molecule has 4 nitrogen and oxygen atoms in total. The number of aromatic nitrogens is 2. The quantitative estimate of drug-likeness (QED) is 0.911. The molecule has 0 aliphatic carbocycles. The van der Waals surface area contributed by atoms with Crippen molar-refractivity contribution in [1.82, 2.24) is 15.3 Å². The highest BCUT2D eigenvalue weighted by molar-refractivity contribution is 7.09. The van der Waals surface area contributed by atoms with Gasteiger partial charge in [-0.1, -0.05) is 0 Å². The molecule has 0 aliphatic heterocycles. The molecule has 19 heavy (non-hydrogen) atoms. The second-order valence-corrected chi connectivity index (χ2v) is 5.61. The maximum absolute atomic E-state index is 4.45. The first-order chi connectivity index (χ1) is 9.11. The van der Waals surface area contributed by atoms with Crippen LogP contribution in [-0.2, 0) is 6.54 Å². The van der Waals surface area contributed by atoms with Crippen molar-refractivity contribution in [2.75, 3.05) is 19.0 Å². The van der Waals surface area contributed by atoms with Crippen molar-refractivity contribution in [2.45, 2.75) is 26.4 Å². The number of aryl methyl sites for hydroxylation is 1. The summed E-state index contributed by atoms with van der Waals surface area (Å²) in [6.07, 6.45) is 1.87. The molecule has 5 heteroatoms. The number of nitrogens with zero attached hydrogens (tertiary/aromatic N) is 3. The van der Waals surface area contributed by atoms with Crippen molar-refractivity contribution in [3.05, 3.63) is 40.0 Å². The topological polar surface area (TPSA) is 41.1 Å². The van der Waals surface area contributed by atoms with E-state index in [0.29, 0.717) is 6.04 Å². The van der Waals surface area contributed by atoms with E-state index in [-0.39, 0.29) is 0 Å². The van der Waals surface area contributed by atoms with Crippen LogP contribution in [0.4, 0.5) is 5.82 Å². The van der Waals surface area contributed by atoms with E-state index in [9.17, 15) is 0 Å². The lowest BCUT2D eigenvalue weighted by Gasteiger charge is -2.19. The summed E-state index contributed by atoms with van der Waals surface area (Å²) in [5, 5.41) is 3.25. The lowest BCUT2D eigenvalue weighted by atomic mass is 10.1. The number of thiazole rings is 1. The predicted molar refractivity (Wildman–Crippen MR) is 80.7 cm³/mol. The molecular formula is C14H20N4S. The molecule has 2 rings (SSSR count). The molecular weight excluding hydrogens is 256 g/mol. The van der Waals surface area contributed by atoms with E-state index in [1.54, 1.807) is 11.3 Å². The predicted octanol–water partition coefficient (Wildman–Crippen LogP) is 2.76. The van der Waals surface area contributed by atoms with Gasteiger partial charge in [0, 0.05) is 24.2 Å². The van der Waals surface area contributed by atoms with Crippen LogP contribution in [-0.4, -0.2) is 24.1 Å². The monoisotopic (exact) mass is 276 g/mol. The number of hydrogen-bond donors (Lipinski definition) is 1. The van der Waals surface area contributed by atoms with Crippen molar-refractivity contribution >= 4 is 17.2 Å². The lowest BCUT2D eigenvalue weighted by Crippen LogP contribution is -2.19. The zero-order valence-electron chi connectivity index (χ0n) is 11.8. The Balaban J connectivity index is 2.15. The highest BCUT2D eigenvalue weighted by atomic mass is 32.1. The van der Waals surface area contributed by atoms with Crippen LogP contribution in [0.3, 0.4) is 0 Å². The Kier molecular flexibility index (Phi) is 4.50. The zero-order valence-corrected chi connectivity index (χ0v) is 12.7.